The van der Waals surface area contributed by atoms with Crippen molar-refractivity contribution in [1.29, 1.82) is 5.26 Å². The number of rotatable bonds is 2. The van der Waals surface area contributed by atoms with Crippen LogP contribution < -0.4 is 5.32 Å². The number of hydrogen-bond acceptors (Lipinski definition) is 4. The molecule has 21 heavy (non-hydrogen) atoms. The van der Waals surface area contributed by atoms with E-state index in [1.165, 1.54) is 0 Å². The summed E-state index contributed by atoms with van der Waals surface area (Å²) in [6.07, 6.45) is 0. The van der Waals surface area contributed by atoms with E-state index in [1.807, 2.05) is 37.3 Å². The fraction of sp³-hybridized carbons (Fsp3) is 0.0625. The molecule has 0 saturated heterocycles. The smallest absolute Gasteiger partial charge is 0.161 e. The minimum Gasteiger partial charge on any atom is -0.338 e. The maximum Gasteiger partial charge on any atom is 0.161 e. The molecule has 0 aliphatic heterocycles. The molecule has 0 radical (unpaired) electrons. The number of halogens is 1. The van der Waals surface area contributed by atoms with Gasteiger partial charge in [-0.25, -0.2) is 0 Å². The number of nitriles is 1. The quantitative estimate of drug-likeness (QED) is 0.769. The zero-order chi connectivity index (χ0) is 14.8. The molecule has 0 saturated carbocycles. The fourth-order valence-electron chi connectivity index (χ4n) is 2.12. The van der Waals surface area contributed by atoms with Crippen LogP contribution in [-0.2, 0) is 0 Å². The Kier molecular flexibility index (Phi) is 3.43. The highest BCUT2D eigenvalue weighted by Crippen LogP contribution is 2.29. The van der Waals surface area contributed by atoms with Gasteiger partial charge in [0.2, 0.25) is 0 Å². The fourth-order valence-corrected chi connectivity index (χ4v) is 2.32. The second-order valence-corrected chi connectivity index (χ2v) is 5.01. The number of hydrogen-bond donors (Lipinski definition) is 1. The van der Waals surface area contributed by atoms with E-state index in [1.54, 1.807) is 12.1 Å². The van der Waals surface area contributed by atoms with Gasteiger partial charge in [-0.3, -0.25) is 0 Å². The number of fused-ring (bicyclic) bond motifs is 1. The summed E-state index contributed by atoms with van der Waals surface area (Å²) in [5.74, 6) is 0.619. The number of aromatic nitrogens is 2. The van der Waals surface area contributed by atoms with Crippen LogP contribution in [0.1, 0.15) is 11.1 Å². The van der Waals surface area contributed by atoms with Crippen molar-refractivity contribution in [1.82, 2.24) is 10.2 Å². The summed E-state index contributed by atoms with van der Waals surface area (Å²) in [6.45, 7) is 1.97. The first-order chi connectivity index (χ1) is 10.2. The first kappa shape index (κ1) is 13.3. The Labute approximate surface area is 127 Å². The third-order valence-electron chi connectivity index (χ3n) is 3.26. The SMILES string of the molecule is Cc1ccc(C#N)cc1Nc1nnc(Cl)c2ccccc12. The van der Waals surface area contributed by atoms with Gasteiger partial charge in [0.25, 0.3) is 0 Å². The molecule has 4 nitrogen and oxygen atoms in total. The number of benzene rings is 2. The van der Waals surface area contributed by atoms with Crippen LogP contribution in [0.3, 0.4) is 0 Å². The topological polar surface area (TPSA) is 61.6 Å². The van der Waals surface area contributed by atoms with Crippen molar-refractivity contribution >= 4 is 33.9 Å². The van der Waals surface area contributed by atoms with E-state index in [9.17, 15) is 0 Å². The largest absolute Gasteiger partial charge is 0.338 e. The molecule has 102 valence electrons. The Morgan fingerprint density at radius 3 is 2.62 bits per heavy atom. The van der Waals surface area contributed by atoms with Gasteiger partial charge in [0, 0.05) is 16.5 Å². The molecule has 1 aromatic heterocycles. The summed E-state index contributed by atoms with van der Waals surface area (Å²) >= 11 is 6.07. The van der Waals surface area contributed by atoms with Crippen LogP contribution >= 0.6 is 11.6 Å². The van der Waals surface area contributed by atoms with Crippen LogP contribution in [0.25, 0.3) is 10.8 Å². The maximum atomic E-state index is 9.00. The van der Waals surface area contributed by atoms with Gasteiger partial charge in [0.1, 0.15) is 0 Å². The van der Waals surface area contributed by atoms with Crippen molar-refractivity contribution in [2.24, 2.45) is 0 Å². The lowest BCUT2D eigenvalue weighted by atomic mass is 10.1. The van der Waals surface area contributed by atoms with Crippen molar-refractivity contribution in [3.63, 3.8) is 0 Å². The molecule has 0 unspecified atom stereocenters. The van der Waals surface area contributed by atoms with Crippen molar-refractivity contribution in [3.05, 3.63) is 58.7 Å². The first-order valence-corrected chi connectivity index (χ1v) is 6.75. The molecule has 1 N–H and O–H groups in total. The van der Waals surface area contributed by atoms with E-state index in [-0.39, 0.29) is 0 Å². The third-order valence-corrected chi connectivity index (χ3v) is 3.54. The van der Waals surface area contributed by atoms with Crippen LogP contribution in [-0.4, -0.2) is 10.2 Å². The third kappa shape index (κ3) is 2.51. The highest BCUT2D eigenvalue weighted by atomic mass is 35.5. The Hall–Kier alpha value is -2.64. The van der Waals surface area contributed by atoms with Crippen LogP contribution in [0.2, 0.25) is 5.15 Å². The molecule has 2 aromatic carbocycles. The van der Waals surface area contributed by atoms with Gasteiger partial charge >= 0.3 is 0 Å². The van der Waals surface area contributed by atoms with Crippen molar-refractivity contribution < 1.29 is 0 Å². The lowest BCUT2D eigenvalue weighted by Gasteiger charge is -2.11. The molecule has 0 atom stereocenters. The molecule has 0 fully saturated rings. The average molecular weight is 295 g/mol. The highest BCUT2D eigenvalue weighted by Gasteiger charge is 2.09. The molecule has 0 amide bonds. The van der Waals surface area contributed by atoms with E-state index < -0.39 is 0 Å². The minimum atomic E-state index is 0.374. The predicted octanol–water partition coefficient (Wildman–Crippen LogP) is 4.21. The normalized spacial score (nSPS) is 10.3. The minimum absolute atomic E-state index is 0.374. The zero-order valence-electron chi connectivity index (χ0n) is 11.3. The summed E-state index contributed by atoms with van der Waals surface area (Å²) < 4.78 is 0. The zero-order valence-corrected chi connectivity index (χ0v) is 12.0. The molecule has 3 aromatic rings. The summed E-state index contributed by atoms with van der Waals surface area (Å²) in [5, 5.41) is 22.4. The molecule has 0 aliphatic rings. The Bertz CT molecular complexity index is 868. The molecular formula is C16H11ClN4. The van der Waals surface area contributed by atoms with E-state index >= 15 is 0 Å². The summed E-state index contributed by atoms with van der Waals surface area (Å²) in [4.78, 5) is 0. The van der Waals surface area contributed by atoms with Gasteiger partial charge in [0.15, 0.2) is 11.0 Å². The van der Waals surface area contributed by atoms with Gasteiger partial charge in [-0.05, 0) is 24.6 Å². The van der Waals surface area contributed by atoms with Crippen molar-refractivity contribution in [3.8, 4) is 6.07 Å². The van der Waals surface area contributed by atoms with Crippen LogP contribution in [0.5, 0.6) is 0 Å². The average Bonchev–Trinajstić information content (AvgIpc) is 2.52. The summed E-state index contributed by atoms with van der Waals surface area (Å²) in [6, 6.07) is 15.3. The van der Waals surface area contributed by atoms with Crippen molar-refractivity contribution in [2.45, 2.75) is 6.92 Å². The molecule has 3 rings (SSSR count). The number of nitrogens with one attached hydrogen (secondary N) is 1. The number of anilines is 2. The lowest BCUT2D eigenvalue weighted by Crippen LogP contribution is -1.99. The van der Waals surface area contributed by atoms with Crippen molar-refractivity contribution in [2.75, 3.05) is 5.32 Å². The summed E-state index contributed by atoms with van der Waals surface area (Å²) in [5.41, 5.74) is 2.44. The first-order valence-electron chi connectivity index (χ1n) is 6.38. The standard InChI is InChI=1S/C16H11ClN4/c1-10-6-7-11(9-18)8-14(10)19-16-13-5-3-2-4-12(13)15(17)20-21-16/h2-8H,1H3,(H,19,21). The molecular weight excluding hydrogens is 284 g/mol. The Balaban J connectivity index is 2.11. The monoisotopic (exact) mass is 294 g/mol. The molecule has 0 aliphatic carbocycles. The van der Waals surface area contributed by atoms with E-state index in [2.05, 4.69) is 21.6 Å². The molecule has 1 heterocycles. The van der Waals surface area contributed by atoms with E-state index in [4.69, 9.17) is 16.9 Å². The van der Waals surface area contributed by atoms with E-state index in [0.717, 1.165) is 22.0 Å². The van der Waals surface area contributed by atoms with Gasteiger partial charge in [0.05, 0.1) is 11.6 Å². The lowest BCUT2D eigenvalue weighted by molar-refractivity contribution is 1.05. The second-order valence-electron chi connectivity index (χ2n) is 4.65. The highest BCUT2D eigenvalue weighted by molar-refractivity contribution is 6.34. The van der Waals surface area contributed by atoms with Crippen LogP contribution in [0.15, 0.2) is 42.5 Å². The Morgan fingerprint density at radius 1 is 1.10 bits per heavy atom. The molecule has 5 heteroatoms. The predicted molar refractivity (Wildman–Crippen MR) is 83.7 cm³/mol. The van der Waals surface area contributed by atoms with E-state index in [0.29, 0.717) is 16.5 Å². The van der Waals surface area contributed by atoms with Gasteiger partial charge in [-0.1, -0.05) is 41.9 Å². The maximum absolute atomic E-state index is 9.00. The molecule has 0 bridgehead atoms. The summed E-state index contributed by atoms with van der Waals surface area (Å²) in [7, 11) is 0. The van der Waals surface area contributed by atoms with Gasteiger partial charge < -0.3 is 5.32 Å². The van der Waals surface area contributed by atoms with Gasteiger partial charge in [-0.2, -0.15) is 5.26 Å². The van der Waals surface area contributed by atoms with Crippen LogP contribution in [0, 0.1) is 18.3 Å². The Morgan fingerprint density at radius 2 is 1.86 bits per heavy atom. The van der Waals surface area contributed by atoms with Gasteiger partial charge in [-0.15, -0.1) is 10.2 Å². The second kappa shape index (κ2) is 5.39. The van der Waals surface area contributed by atoms with Crippen LogP contribution in [0.4, 0.5) is 11.5 Å². The molecule has 0 spiro atoms. The number of nitrogens with zero attached hydrogens (tertiary/aromatic N) is 3. The number of aryl methyl sites for hydroxylation is 1.